The number of hydrogen-bond donors (Lipinski definition) is 2. The lowest BCUT2D eigenvalue weighted by Gasteiger charge is -2.16. The van der Waals surface area contributed by atoms with Crippen LogP contribution in [-0.4, -0.2) is 35.8 Å². The van der Waals surface area contributed by atoms with Crippen LogP contribution in [0.2, 0.25) is 0 Å². The lowest BCUT2D eigenvalue weighted by atomic mass is 10.2. The van der Waals surface area contributed by atoms with Crippen LogP contribution in [0.3, 0.4) is 0 Å². The summed E-state index contributed by atoms with van der Waals surface area (Å²) in [6.45, 7) is 7.94. The lowest BCUT2D eigenvalue weighted by molar-refractivity contribution is 0.250. The van der Waals surface area contributed by atoms with Crippen molar-refractivity contribution in [3.05, 3.63) is 0 Å². The maximum Gasteiger partial charge on any atom is 0.0464 e. The Morgan fingerprint density at radius 3 is 2.50 bits per heavy atom. The van der Waals surface area contributed by atoms with E-state index in [0.29, 0.717) is 18.6 Å². The van der Waals surface area contributed by atoms with Gasteiger partial charge in [0.15, 0.2) is 0 Å². The largest absolute Gasteiger partial charge is 0.396 e. The van der Waals surface area contributed by atoms with E-state index in [1.165, 1.54) is 18.6 Å². The number of thioether (sulfide) groups is 1. The third kappa shape index (κ3) is 7.65. The van der Waals surface area contributed by atoms with Crippen molar-refractivity contribution in [2.75, 3.05) is 24.7 Å². The molecule has 2 nitrogen and oxygen atoms in total. The van der Waals surface area contributed by atoms with Crippen molar-refractivity contribution in [1.29, 1.82) is 0 Å². The first-order valence-electron chi connectivity index (χ1n) is 5.66. The van der Waals surface area contributed by atoms with Crippen LogP contribution < -0.4 is 5.32 Å². The maximum atomic E-state index is 8.87. The average molecular weight is 219 g/mol. The fourth-order valence-corrected chi connectivity index (χ4v) is 2.42. The Kier molecular flexibility index (Phi) is 10.0. The van der Waals surface area contributed by atoms with Gasteiger partial charge in [-0.15, -0.1) is 0 Å². The van der Waals surface area contributed by atoms with Gasteiger partial charge in [-0.1, -0.05) is 20.8 Å². The summed E-state index contributed by atoms with van der Waals surface area (Å²) in [5.74, 6) is 2.67. The Hall–Kier alpha value is 0.270. The minimum absolute atomic E-state index is 0.312. The monoisotopic (exact) mass is 219 g/mol. The molecule has 3 heteroatoms. The van der Waals surface area contributed by atoms with Crippen molar-refractivity contribution in [1.82, 2.24) is 5.32 Å². The molecule has 0 radical (unpaired) electrons. The Balaban J connectivity index is 3.42. The summed E-state index contributed by atoms with van der Waals surface area (Å²) in [5.41, 5.74) is 0. The summed E-state index contributed by atoms with van der Waals surface area (Å²) in [6, 6.07) is 0.644. The van der Waals surface area contributed by atoms with Crippen LogP contribution in [0.5, 0.6) is 0 Å². The summed E-state index contributed by atoms with van der Waals surface area (Å²) in [7, 11) is 0. The van der Waals surface area contributed by atoms with Crippen molar-refractivity contribution in [3.8, 4) is 0 Å². The predicted octanol–water partition coefficient (Wildman–Crippen LogP) is 2.13. The van der Waals surface area contributed by atoms with Gasteiger partial charge in [-0.3, -0.25) is 0 Å². The Morgan fingerprint density at radius 1 is 1.29 bits per heavy atom. The summed E-state index contributed by atoms with van der Waals surface area (Å²) in [4.78, 5) is 0. The molecule has 2 N–H and O–H groups in total. The Labute approximate surface area is 92.9 Å². The number of rotatable bonds is 9. The first-order chi connectivity index (χ1) is 6.74. The van der Waals surface area contributed by atoms with E-state index in [9.17, 15) is 0 Å². The molecule has 0 saturated heterocycles. The highest BCUT2D eigenvalue weighted by Gasteiger charge is 2.06. The second-order valence-electron chi connectivity index (χ2n) is 3.88. The van der Waals surface area contributed by atoms with Crippen LogP contribution in [0, 0.1) is 5.92 Å². The molecule has 0 amide bonds. The van der Waals surface area contributed by atoms with Crippen LogP contribution in [0.4, 0.5) is 0 Å². The van der Waals surface area contributed by atoms with Gasteiger partial charge < -0.3 is 10.4 Å². The molecule has 0 rings (SSSR count). The van der Waals surface area contributed by atoms with Gasteiger partial charge in [-0.25, -0.2) is 0 Å². The molecule has 0 saturated carbocycles. The molecule has 86 valence electrons. The average Bonchev–Trinajstić information content (AvgIpc) is 2.22. The normalized spacial score (nSPS) is 15.4. The van der Waals surface area contributed by atoms with E-state index in [1.807, 2.05) is 11.8 Å². The highest BCUT2D eigenvalue weighted by Crippen LogP contribution is 2.10. The van der Waals surface area contributed by atoms with Crippen LogP contribution in [0.1, 0.15) is 33.6 Å². The van der Waals surface area contributed by atoms with E-state index < -0.39 is 0 Å². The van der Waals surface area contributed by atoms with Crippen molar-refractivity contribution < 1.29 is 5.11 Å². The van der Waals surface area contributed by atoms with Gasteiger partial charge in [0.25, 0.3) is 0 Å². The van der Waals surface area contributed by atoms with E-state index >= 15 is 0 Å². The molecular weight excluding hydrogens is 194 g/mol. The molecule has 0 bridgehead atoms. The molecule has 0 aromatic carbocycles. The van der Waals surface area contributed by atoms with Gasteiger partial charge >= 0.3 is 0 Å². The Bertz CT molecular complexity index is 122. The van der Waals surface area contributed by atoms with E-state index in [2.05, 4.69) is 26.1 Å². The molecule has 0 heterocycles. The van der Waals surface area contributed by atoms with Crippen molar-refractivity contribution in [2.45, 2.75) is 39.7 Å². The number of aliphatic hydroxyl groups is 1. The van der Waals surface area contributed by atoms with E-state index in [4.69, 9.17) is 5.11 Å². The standard InChI is InChI=1S/C11H25NOS/c1-4-6-12-11(5-2)9-14-8-10(3)7-13/h10-13H,4-9H2,1-3H3. The minimum atomic E-state index is 0.312. The second kappa shape index (κ2) is 9.81. The van der Waals surface area contributed by atoms with Crippen molar-refractivity contribution >= 4 is 11.8 Å². The zero-order valence-electron chi connectivity index (χ0n) is 9.75. The molecule has 2 atom stereocenters. The molecule has 0 aromatic heterocycles. The lowest BCUT2D eigenvalue weighted by Crippen LogP contribution is -2.31. The fourth-order valence-electron chi connectivity index (χ4n) is 1.13. The molecule has 0 fully saturated rings. The van der Waals surface area contributed by atoms with Gasteiger partial charge in [-0.05, 0) is 31.1 Å². The van der Waals surface area contributed by atoms with Gasteiger partial charge in [0.2, 0.25) is 0 Å². The van der Waals surface area contributed by atoms with Gasteiger partial charge in [0.05, 0.1) is 0 Å². The first kappa shape index (κ1) is 14.3. The fraction of sp³-hybridized carbons (Fsp3) is 1.00. The SMILES string of the molecule is CCCNC(CC)CSCC(C)CO. The maximum absolute atomic E-state index is 8.87. The number of nitrogens with one attached hydrogen (secondary N) is 1. The summed E-state index contributed by atoms with van der Waals surface area (Å²) < 4.78 is 0. The van der Waals surface area contributed by atoms with Gasteiger partial charge in [-0.2, -0.15) is 11.8 Å². The quantitative estimate of drug-likeness (QED) is 0.623. The zero-order valence-corrected chi connectivity index (χ0v) is 10.6. The molecular formula is C11H25NOS. The van der Waals surface area contributed by atoms with E-state index in [0.717, 1.165) is 12.3 Å². The summed E-state index contributed by atoms with van der Waals surface area (Å²) >= 11 is 1.95. The molecule has 0 aliphatic rings. The second-order valence-corrected chi connectivity index (χ2v) is 4.96. The summed E-state index contributed by atoms with van der Waals surface area (Å²) in [5, 5.41) is 12.4. The predicted molar refractivity (Wildman–Crippen MR) is 65.9 cm³/mol. The van der Waals surface area contributed by atoms with Crippen LogP contribution in [0.15, 0.2) is 0 Å². The van der Waals surface area contributed by atoms with Gasteiger partial charge in [0, 0.05) is 18.4 Å². The third-order valence-electron chi connectivity index (χ3n) is 2.21. The minimum Gasteiger partial charge on any atom is -0.396 e. The van der Waals surface area contributed by atoms with Crippen molar-refractivity contribution in [2.24, 2.45) is 5.92 Å². The molecule has 2 unspecified atom stereocenters. The van der Waals surface area contributed by atoms with Crippen LogP contribution >= 0.6 is 11.8 Å². The Morgan fingerprint density at radius 2 is 2.00 bits per heavy atom. The number of aliphatic hydroxyl groups excluding tert-OH is 1. The first-order valence-corrected chi connectivity index (χ1v) is 6.82. The van der Waals surface area contributed by atoms with Crippen LogP contribution in [-0.2, 0) is 0 Å². The van der Waals surface area contributed by atoms with Crippen molar-refractivity contribution in [3.63, 3.8) is 0 Å². The molecule has 0 aliphatic carbocycles. The van der Waals surface area contributed by atoms with E-state index in [-0.39, 0.29) is 0 Å². The zero-order chi connectivity index (χ0) is 10.8. The van der Waals surface area contributed by atoms with Gasteiger partial charge in [0.1, 0.15) is 0 Å². The molecule has 0 spiro atoms. The molecule has 0 aliphatic heterocycles. The third-order valence-corrected chi connectivity index (χ3v) is 3.65. The molecule has 14 heavy (non-hydrogen) atoms. The highest BCUT2D eigenvalue weighted by atomic mass is 32.2. The number of hydrogen-bond acceptors (Lipinski definition) is 3. The van der Waals surface area contributed by atoms with E-state index in [1.54, 1.807) is 0 Å². The smallest absolute Gasteiger partial charge is 0.0464 e. The summed E-state index contributed by atoms with van der Waals surface area (Å²) in [6.07, 6.45) is 2.40. The van der Waals surface area contributed by atoms with Crippen LogP contribution in [0.25, 0.3) is 0 Å². The molecule has 0 aromatic rings. The topological polar surface area (TPSA) is 32.3 Å². The highest BCUT2D eigenvalue weighted by molar-refractivity contribution is 7.99.